The number of carbonyl (C=O) groups is 1. The quantitative estimate of drug-likeness (QED) is 0.554. The van der Waals surface area contributed by atoms with E-state index in [2.05, 4.69) is 25.8 Å². The van der Waals surface area contributed by atoms with E-state index in [-0.39, 0.29) is 5.41 Å². The van der Waals surface area contributed by atoms with Crippen molar-refractivity contribution in [3.63, 3.8) is 0 Å². The molecular weight excluding hydrogens is 194 g/mol. The van der Waals surface area contributed by atoms with Crippen LogP contribution in [0, 0.1) is 0 Å². The second-order valence-electron chi connectivity index (χ2n) is 4.14. The molecule has 0 saturated heterocycles. The third-order valence-corrected chi connectivity index (χ3v) is 2.89. The Labute approximate surface area is 89.1 Å². The largest absolute Gasteiger partial charge is 0.296 e. The fraction of sp³-hybridized carbons (Fsp3) is 0.455. The Kier molecular flexibility index (Phi) is 3.32. The average Bonchev–Trinajstić information content (AvgIpc) is 2.15. The third kappa shape index (κ3) is 2.15. The molecule has 1 aromatic heterocycles. The monoisotopic (exact) mass is 209 g/mol. The number of hydrogen-bond donors (Lipinski definition) is 0. The van der Waals surface area contributed by atoms with Crippen molar-refractivity contribution in [1.82, 2.24) is 4.98 Å². The summed E-state index contributed by atoms with van der Waals surface area (Å²) in [5, 5.41) is 0. The fourth-order valence-corrected chi connectivity index (χ4v) is 2.26. The molecule has 1 heterocycles. The highest BCUT2D eigenvalue weighted by atomic mass is 32.2. The highest BCUT2D eigenvalue weighted by molar-refractivity contribution is 7.98. The summed E-state index contributed by atoms with van der Waals surface area (Å²) in [5.74, 6) is 0. The number of pyridine rings is 1. The molecule has 0 bridgehead atoms. The highest BCUT2D eigenvalue weighted by Gasteiger charge is 2.19. The Hall–Kier alpha value is -0.830. The van der Waals surface area contributed by atoms with E-state index >= 15 is 0 Å². The summed E-state index contributed by atoms with van der Waals surface area (Å²) >= 11 is 1.58. The predicted octanol–water partition coefficient (Wildman–Crippen LogP) is 2.91. The number of nitrogens with zero attached hydrogens (tertiary/aromatic N) is 1. The summed E-state index contributed by atoms with van der Waals surface area (Å²) in [6.07, 6.45) is 4.49. The van der Waals surface area contributed by atoms with Gasteiger partial charge in [-0.2, -0.15) is 0 Å². The van der Waals surface area contributed by atoms with Crippen molar-refractivity contribution in [1.29, 1.82) is 0 Å². The van der Waals surface area contributed by atoms with Gasteiger partial charge >= 0.3 is 0 Å². The molecule has 0 aromatic carbocycles. The van der Waals surface area contributed by atoms with Crippen LogP contribution < -0.4 is 0 Å². The molecule has 3 heteroatoms. The van der Waals surface area contributed by atoms with E-state index in [1.807, 2.05) is 12.3 Å². The molecule has 0 spiro atoms. The minimum Gasteiger partial charge on any atom is -0.296 e. The Bertz CT molecular complexity index is 342. The summed E-state index contributed by atoms with van der Waals surface area (Å²) in [5.41, 5.74) is 1.78. The molecule has 0 fully saturated rings. The summed E-state index contributed by atoms with van der Waals surface area (Å²) < 4.78 is 0. The average molecular weight is 209 g/mol. The van der Waals surface area contributed by atoms with Crippen LogP contribution in [0.1, 0.15) is 36.8 Å². The fourth-order valence-electron chi connectivity index (χ4n) is 1.35. The van der Waals surface area contributed by atoms with E-state index < -0.39 is 0 Å². The van der Waals surface area contributed by atoms with Crippen LogP contribution in [0.2, 0.25) is 0 Å². The van der Waals surface area contributed by atoms with Crippen molar-refractivity contribution in [3.05, 3.63) is 23.5 Å². The van der Waals surface area contributed by atoms with Crippen molar-refractivity contribution >= 4 is 18.0 Å². The van der Waals surface area contributed by atoms with Gasteiger partial charge in [0.1, 0.15) is 5.69 Å². The molecule has 0 atom stereocenters. The van der Waals surface area contributed by atoms with Gasteiger partial charge in [0.2, 0.25) is 0 Å². The van der Waals surface area contributed by atoms with E-state index in [0.717, 1.165) is 11.2 Å². The van der Waals surface area contributed by atoms with E-state index in [0.29, 0.717) is 5.69 Å². The lowest BCUT2D eigenvalue weighted by molar-refractivity contribution is 0.111. The number of aromatic nitrogens is 1. The number of rotatable bonds is 2. The lowest BCUT2D eigenvalue weighted by Gasteiger charge is -2.22. The van der Waals surface area contributed by atoms with Crippen LogP contribution in [0.3, 0.4) is 0 Å². The molecule has 14 heavy (non-hydrogen) atoms. The van der Waals surface area contributed by atoms with E-state index in [9.17, 15) is 4.79 Å². The zero-order chi connectivity index (χ0) is 10.8. The maximum absolute atomic E-state index is 10.8. The lowest BCUT2D eigenvalue weighted by atomic mass is 9.87. The normalized spacial score (nSPS) is 11.4. The first kappa shape index (κ1) is 11.2. The Morgan fingerprint density at radius 3 is 2.50 bits per heavy atom. The van der Waals surface area contributed by atoms with Crippen LogP contribution in [-0.4, -0.2) is 17.5 Å². The van der Waals surface area contributed by atoms with Crippen molar-refractivity contribution in [2.75, 3.05) is 6.26 Å². The summed E-state index contributed by atoms with van der Waals surface area (Å²) in [6.45, 7) is 6.41. The van der Waals surface area contributed by atoms with Gasteiger partial charge in [-0.25, -0.2) is 0 Å². The molecule has 76 valence electrons. The minimum absolute atomic E-state index is 0.0546. The molecule has 2 nitrogen and oxygen atoms in total. The third-order valence-electron chi connectivity index (χ3n) is 2.06. The molecule has 0 radical (unpaired) electrons. The van der Waals surface area contributed by atoms with Gasteiger partial charge in [0.15, 0.2) is 6.29 Å². The van der Waals surface area contributed by atoms with Gasteiger partial charge in [-0.1, -0.05) is 20.8 Å². The number of carbonyl (C=O) groups excluding carboxylic acids is 1. The van der Waals surface area contributed by atoms with Crippen LogP contribution in [0.25, 0.3) is 0 Å². The molecule has 0 unspecified atom stereocenters. The standard InChI is InChI=1S/C11H15NOS/c1-11(2,3)8-5-6-12-9(7-13)10(8)14-4/h5-7H,1-4H3. The zero-order valence-corrected chi connectivity index (χ0v) is 9.81. The number of aldehydes is 1. The van der Waals surface area contributed by atoms with E-state index in [1.54, 1.807) is 18.0 Å². The van der Waals surface area contributed by atoms with Crippen molar-refractivity contribution in [3.8, 4) is 0 Å². The number of thioether (sulfide) groups is 1. The molecule has 1 aromatic rings. The molecule has 1 rings (SSSR count). The van der Waals surface area contributed by atoms with Crippen molar-refractivity contribution in [2.45, 2.75) is 31.1 Å². The molecule has 0 aliphatic heterocycles. The molecule has 0 saturated carbocycles. The first-order chi connectivity index (χ1) is 6.50. The van der Waals surface area contributed by atoms with Crippen molar-refractivity contribution < 1.29 is 4.79 Å². The summed E-state index contributed by atoms with van der Waals surface area (Å²) in [7, 11) is 0. The van der Waals surface area contributed by atoms with Crippen LogP contribution in [0.5, 0.6) is 0 Å². The van der Waals surface area contributed by atoms with Gasteiger partial charge in [0.25, 0.3) is 0 Å². The van der Waals surface area contributed by atoms with E-state index in [1.165, 1.54) is 5.56 Å². The molecule has 0 amide bonds. The maximum Gasteiger partial charge on any atom is 0.169 e. The van der Waals surface area contributed by atoms with Gasteiger partial charge in [-0.05, 0) is 23.3 Å². The van der Waals surface area contributed by atoms with Crippen LogP contribution in [0.4, 0.5) is 0 Å². The van der Waals surface area contributed by atoms with Crippen LogP contribution >= 0.6 is 11.8 Å². The Morgan fingerprint density at radius 2 is 2.07 bits per heavy atom. The van der Waals surface area contributed by atoms with Crippen LogP contribution in [0.15, 0.2) is 17.2 Å². The topological polar surface area (TPSA) is 30.0 Å². The molecular formula is C11H15NOS. The smallest absolute Gasteiger partial charge is 0.169 e. The first-order valence-corrected chi connectivity index (χ1v) is 5.72. The summed E-state index contributed by atoms with van der Waals surface area (Å²) in [6, 6.07) is 1.98. The Balaban J connectivity index is 3.36. The first-order valence-electron chi connectivity index (χ1n) is 4.49. The van der Waals surface area contributed by atoms with E-state index in [4.69, 9.17) is 0 Å². The SMILES string of the molecule is CSc1c(C(C)(C)C)ccnc1C=O. The van der Waals surface area contributed by atoms with Gasteiger partial charge in [-0.15, -0.1) is 11.8 Å². The van der Waals surface area contributed by atoms with Gasteiger partial charge in [0, 0.05) is 11.1 Å². The lowest BCUT2D eigenvalue weighted by Crippen LogP contribution is -2.14. The second kappa shape index (κ2) is 4.13. The van der Waals surface area contributed by atoms with Gasteiger partial charge in [-0.3, -0.25) is 9.78 Å². The number of hydrogen-bond acceptors (Lipinski definition) is 3. The summed E-state index contributed by atoms with van der Waals surface area (Å²) in [4.78, 5) is 15.8. The van der Waals surface area contributed by atoms with Gasteiger partial charge in [0.05, 0.1) is 0 Å². The molecule has 0 aliphatic carbocycles. The molecule has 0 N–H and O–H groups in total. The van der Waals surface area contributed by atoms with Gasteiger partial charge < -0.3 is 0 Å². The second-order valence-corrected chi connectivity index (χ2v) is 4.96. The maximum atomic E-state index is 10.8. The van der Waals surface area contributed by atoms with Crippen LogP contribution in [-0.2, 0) is 5.41 Å². The molecule has 0 aliphatic rings. The zero-order valence-electron chi connectivity index (χ0n) is 9.00. The van der Waals surface area contributed by atoms with Crippen molar-refractivity contribution in [2.24, 2.45) is 0 Å². The highest BCUT2D eigenvalue weighted by Crippen LogP contribution is 2.32. The predicted molar refractivity (Wildman–Crippen MR) is 60.1 cm³/mol. The Morgan fingerprint density at radius 1 is 1.43 bits per heavy atom. The minimum atomic E-state index is 0.0546.